The lowest BCUT2D eigenvalue weighted by Crippen LogP contribution is -2.36. The Bertz CT molecular complexity index is 767. The van der Waals surface area contributed by atoms with Gasteiger partial charge in [0.25, 0.3) is 0 Å². The van der Waals surface area contributed by atoms with E-state index in [4.69, 9.17) is 23.2 Å². The number of aryl methyl sites for hydroxylation is 1. The summed E-state index contributed by atoms with van der Waals surface area (Å²) in [6.07, 6.45) is 2.91. The second-order valence-corrected chi connectivity index (χ2v) is 6.76. The van der Waals surface area contributed by atoms with Crippen molar-refractivity contribution in [1.82, 2.24) is 15.6 Å². The molecule has 0 bridgehead atoms. The van der Waals surface area contributed by atoms with E-state index in [1.165, 1.54) is 5.56 Å². The van der Waals surface area contributed by atoms with E-state index < -0.39 is 0 Å². The van der Waals surface area contributed by atoms with Crippen LogP contribution >= 0.6 is 23.2 Å². The smallest absolute Gasteiger partial charge is 0.315 e. The zero-order valence-electron chi connectivity index (χ0n) is 13.7. The number of hydrogen-bond donors (Lipinski definition) is 3. The number of carbonyl (C=O) groups excluding carboxylic acids is 1. The first kappa shape index (κ1) is 17.8. The van der Waals surface area contributed by atoms with Gasteiger partial charge in [0.15, 0.2) is 0 Å². The fourth-order valence-electron chi connectivity index (χ4n) is 2.71. The molecule has 2 heterocycles. The summed E-state index contributed by atoms with van der Waals surface area (Å²) in [5.41, 5.74) is 3.13. The van der Waals surface area contributed by atoms with Gasteiger partial charge in [0, 0.05) is 31.7 Å². The molecule has 0 unspecified atom stereocenters. The molecule has 1 aromatic carbocycles. The van der Waals surface area contributed by atoms with E-state index in [1.807, 2.05) is 12.1 Å². The maximum Gasteiger partial charge on any atom is 0.315 e. The summed E-state index contributed by atoms with van der Waals surface area (Å²) >= 11 is 11.8. The summed E-state index contributed by atoms with van der Waals surface area (Å²) in [5.74, 6) is 0.979. The number of nitrogens with one attached hydrogen (secondary N) is 3. The van der Waals surface area contributed by atoms with E-state index in [0.717, 1.165) is 36.5 Å². The van der Waals surface area contributed by atoms with Crippen molar-refractivity contribution in [2.45, 2.75) is 25.8 Å². The van der Waals surface area contributed by atoms with Crippen LogP contribution in [0.2, 0.25) is 10.0 Å². The van der Waals surface area contributed by atoms with Crippen LogP contribution in [0.3, 0.4) is 0 Å². The molecule has 1 aliphatic rings. The molecule has 25 heavy (non-hydrogen) atoms. The molecule has 0 fully saturated rings. The molecule has 1 aromatic heterocycles. The lowest BCUT2D eigenvalue weighted by Gasteiger charge is -2.17. The minimum Gasteiger partial charge on any atom is -0.370 e. The van der Waals surface area contributed by atoms with Crippen LogP contribution in [0.25, 0.3) is 0 Å². The van der Waals surface area contributed by atoms with Crippen molar-refractivity contribution in [2.75, 3.05) is 18.4 Å². The Morgan fingerprint density at radius 2 is 2.04 bits per heavy atom. The van der Waals surface area contributed by atoms with Crippen molar-refractivity contribution >= 4 is 35.1 Å². The molecule has 0 spiro atoms. The van der Waals surface area contributed by atoms with Crippen molar-refractivity contribution < 1.29 is 4.79 Å². The van der Waals surface area contributed by atoms with Gasteiger partial charge in [-0.25, -0.2) is 9.78 Å². The highest BCUT2D eigenvalue weighted by molar-refractivity contribution is 6.42. The zero-order valence-corrected chi connectivity index (χ0v) is 15.3. The lowest BCUT2D eigenvalue weighted by molar-refractivity contribution is 0.240. The maximum absolute atomic E-state index is 11.9. The molecule has 7 heteroatoms. The van der Waals surface area contributed by atoms with Crippen LogP contribution in [0, 0.1) is 0 Å². The molecule has 0 saturated heterocycles. The summed E-state index contributed by atoms with van der Waals surface area (Å²) in [6.45, 7) is 1.89. The molecule has 2 amide bonds. The fraction of sp³-hybridized carbons (Fsp3) is 0.333. The highest BCUT2D eigenvalue weighted by atomic mass is 35.5. The van der Waals surface area contributed by atoms with Gasteiger partial charge in [-0.2, -0.15) is 0 Å². The SMILES string of the molecule is O=C(NCCc1ccc2c(n1)NCCC2)NCc1ccc(Cl)c(Cl)c1. The van der Waals surface area contributed by atoms with Crippen molar-refractivity contribution in [2.24, 2.45) is 0 Å². The van der Waals surface area contributed by atoms with E-state index in [0.29, 0.717) is 29.6 Å². The molecule has 132 valence electrons. The summed E-state index contributed by atoms with van der Waals surface area (Å²) in [4.78, 5) is 16.5. The van der Waals surface area contributed by atoms with Gasteiger partial charge < -0.3 is 16.0 Å². The molecule has 3 N–H and O–H groups in total. The quantitative estimate of drug-likeness (QED) is 0.741. The number of benzene rings is 1. The van der Waals surface area contributed by atoms with Gasteiger partial charge >= 0.3 is 6.03 Å². The van der Waals surface area contributed by atoms with Gasteiger partial charge in [-0.15, -0.1) is 0 Å². The van der Waals surface area contributed by atoms with Crippen molar-refractivity contribution in [1.29, 1.82) is 0 Å². The van der Waals surface area contributed by atoms with Crippen LogP contribution in [0.1, 0.15) is 23.2 Å². The largest absolute Gasteiger partial charge is 0.370 e. The number of halogens is 2. The number of aromatic nitrogens is 1. The first-order chi connectivity index (χ1) is 12.1. The Kier molecular flexibility index (Phi) is 6.00. The molecule has 1 aliphatic heterocycles. The summed E-state index contributed by atoms with van der Waals surface area (Å²) in [7, 11) is 0. The van der Waals surface area contributed by atoms with Gasteiger partial charge in [0.1, 0.15) is 5.82 Å². The van der Waals surface area contributed by atoms with Gasteiger partial charge in [-0.05, 0) is 42.2 Å². The van der Waals surface area contributed by atoms with Crippen molar-refractivity contribution in [3.63, 3.8) is 0 Å². The van der Waals surface area contributed by atoms with Crippen LogP contribution in [0.5, 0.6) is 0 Å². The van der Waals surface area contributed by atoms with Gasteiger partial charge in [0.05, 0.1) is 10.0 Å². The topological polar surface area (TPSA) is 66.0 Å². The Labute approximate surface area is 157 Å². The Balaban J connectivity index is 1.42. The highest BCUT2D eigenvalue weighted by Crippen LogP contribution is 2.22. The number of amides is 2. The third-order valence-corrected chi connectivity index (χ3v) is 4.79. The average Bonchev–Trinajstić information content (AvgIpc) is 2.62. The fourth-order valence-corrected chi connectivity index (χ4v) is 3.03. The molecule has 5 nitrogen and oxygen atoms in total. The predicted octanol–water partition coefficient (Wildman–Crippen LogP) is 3.79. The zero-order chi connectivity index (χ0) is 17.6. The monoisotopic (exact) mass is 378 g/mol. The first-order valence-corrected chi connectivity index (χ1v) is 9.06. The molecular weight excluding hydrogens is 359 g/mol. The number of hydrogen-bond acceptors (Lipinski definition) is 3. The minimum absolute atomic E-state index is 0.220. The maximum atomic E-state index is 11.9. The molecule has 2 aromatic rings. The summed E-state index contributed by atoms with van der Waals surface area (Å²) < 4.78 is 0. The van der Waals surface area contributed by atoms with Gasteiger partial charge in [-0.3, -0.25) is 0 Å². The second kappa shape index (κ2) is 8.41. The van der Waals surface area contributed by atoms with E-state index in [1.54, 1.807) is 12.1 Å². The van der Waals surface area contributed by atoms with E-state index in [2.05, 4.69) is 27.0 Å². The van der Waals surface area contributed by atoms with Crippen molar-refractivity contribution in [3.05, 3.63) is 57.2 Å². The van der Waals surface area contributed by atoms with Crippen LogP contribution in [0.15, 0.2) is 30.3 Å². The molecule has 0 aliphatic carbocycles. The molecule has 0 atom stereocenters. The molecule has 0 saturated carbocycles. The van der Waals surface area contributed by atoms with E-state index in [-0.39, 0.29) is 6.03 Å². The summed E-state index contributed by atoms with van der Waals surface area (Å²) in [5, 5.41) is 9.94. The number of carbonyl (C=O) groups is 1. The van der Waals surface area contributed by atoms with Gasteiger partial charge in [0.2, 0.25) is 0 Å². The van der Waals surface area contributed by atoms with Crippen molar-refractivity contribution in [3.8, 4) is 0 Å². The number of rotatable bonds is 5. The lowest BCUT2D eigenvalue weighted by atomic mass is 10.1. The molecule has 0 radical (unpaired) electrons. The van der Waals surface area contributed by atoms with Crippen LogP contribution in [-0.2, 0) is 19.4 Å². The minimum atomic E-state index is -0.220. The number of urea groups is 1. The number of pyridine rings is 1. The van der Waals surface area contributed by atoms with E-state index in [9.17, 15) is 4.79 Å². The molecule has 3 rings (SSSR count). The second-order valence-electron chi connectivity index (χ2n) is 5.95. The Morgan fingerprint density at radius 1 is 1.16 bits per heavy atom. The number of nitrogens with zero attached hydrogens (tertiary/aromatic N) is 1. The predicted molar refractivity (Wildman–Crippen MR) is 101 cm³/mol. The summed E-state index contributed by atoms with van der Waals surface area (Å²) in [6, 6.07) is 9.22. The third kappa shape index (κ3) is 5.00. The Morgan fingerprint density at radius 3 is 2.88 bits per heavy atom. The van der Waals surface area contributed by atoms with Crippen LogP contribution in [-0.4, -0.2) is 24.1 Å². The highest BCUT2D eigenvalue weighted by Gasteiger charge is 2.10. The third-order valence-electron chi connectivity index (χ3n) is 4.06. The van der Waals surface area contributed by atoms with E-state index >= 15 is 0 Å². The van der Waals surface area contributed by atoms with Gasteiger partial charge in [-0.1, -0.05) is 35.3 Å². The standard InChI is InChI=1S/C18H20Cl2N4O/c19-15-6-3-12(10-16(15)20)11-23-18(25)22-9-7-14-5-4-13-2-1-8-21-17(13)24-14/h3-6,10H,1-2,7-9,11H2,(H,21,24)(H2,22,23,25). The average molecular weight is 379 g/mol. The number of fused-ring (bicyclic) bond motifs is 1. The first-order valence-electron chi connectivity index (χ1n) is 8.30. The molecular formula is C18H20Cl2N4O. The van der Waals surface area contributed by atoms with Crippen LogP contribution in [0.4, 0.5) is 10.6 Å². The Hall–Kier alpha value is -1.98. The van der Waals surface area contributed by atoms with Crippen LogP contribution < -0.4 is 16.0 Å². The normalized spacial score (nSPS) is 12.9. The number of anilines is 1.